The van der Waals surface area contributed by atoms with Crippen molar-refractivity contribution in [3.63, 3.8) is 0 Å². The molecule has 0 amide bonds. The minimum atomic E-state index is -1.16. The minimum absolute atomic E-state index is 0.438. The van der Waals surface area contributed by atoms with Crippen LogP contribution in [0.1, 0.15) is 129 Å². The summed E-state index contributed by atoms with van der Waals surface area (Å²) in [7, 11) is 0. The van der Waals surface area contributed by atoms with E-state index in [1.165, 1.54) is 89.9 Å². The van der Waals surface area contributed by atoms with Gasteiger partial charge in [0, 0.05) is 13.2 Å². The molecule has 0 fully saturated rings. The lowest BCUT2D eigenvalue weighted by molar-refractivity contribution is -0.170. The van der Waals surface area contributed by atoms with Crippen molar-refractivity contribution in [3.8, 4) is 0 Å². The molecule has 0 aliphatic rings. The molecule has 0 rings (SSSR count). The van der Waals surface area contributed by atoms with Crippen molar-refractivity contribution >= 4 is 0 Å². The van der Waals surface area contributed by atoms with E-state index in [4.69, 9.17) is 9.47 Å². The highest BCUT2D eigenvalue weighted by atomic mass is 16.6. The van der Waals surface area contributed by atoms with Crippen LogP contribution in [0.4, 0.5) is 0 Å². The number of rotatable bonds is 27. The Morgan fingerprint density at radius 2 is 0.706 bits per heavy atom. The van der Waals surface area contributed by atoms with Crippen LogP contribution in [-0.4, -0.2) is 71.3 Å². The van der Waals surface area contributed by atoms with Gasteiger partial charge in [-0.15, -0.1) is 0 Å². The highest BCUT2D eigenvalue weighted by molar-refractivity contribution is 4.84. The Morgan fingerprint density at radius 1 is 0.441 bits per heavy atom. The predicted octanol–water partition coefficient (Wildman–Crippen LogP) is 5.52. The van der Waals surface area contributed by atoms with Crippen molar-refractivity contribution in [3.05, 3.63) is 0 Å². The molecule has 0 unspecified atom stereocenters. The second-order valence-electron chi connectivity index (χ2n) is 9.83. The number of aliphatic hydroxyl groups excluding tert-OH is 4. The summed E-state index contributed by atoms with van der Waals surface area (Å²) in [5.74, 6) is 0. The summed E-state index contributed by atoms with van der Waals surface area (Å²) in [6.45, 7) is 4.39. The zero-order chi connectivity index (χ0) is 25.3. The first kappa shape index (κ1) is 33.8. The van der Waals surface area contributed by atoms with Gasteiger partial charge in [0.25, 0.3) is 0 Å². The highest BCUT2D eigenvalue weighted by Gasteiger charge is 2.34. The monoisotopic (exact) mass is 490 g/mol. The lowest BCUT2D eigenvalue weighted by Gasteiger charge is -2.32. The third-order valence-electron chi connectivity index (χ3n) is 6.57. The van der Waals surface area contributed by atoms with Gasteiger partial charge < -0.3 is 29.9 Å². The van der Waals surface area contributed by atoms with Gasteiger partial charge in [-0.05, 0) is 12.8 Å². The van der Waals surface area contributed by atoms with Gasteiger partial charge in [-0.3, -0.25) is 0 Å². The normalized spacial score (nSPS) is 15.4. The summed E-state index contributed by atoms with van der Waals surface area (Å²) in [5.41, 5.74) is 0. The van der Waals surface area contributed by atoms with Crippen LogP contribution in [0, 0.1) is 0 Å². The summed E-state index contributed by atoms with van der Waals surface area (Å²) in [6.07, 6.45) is 17.6. The van der Waals surface area contributed by atoms with E-state index in [1.807, 2.05) is 0 Å². The smallest absolute Gasteiger partial charge is 0.114 e. The van der Waals surface area contributed by atoms with E-state index in [0.717, 1.165) is 25.7 Å². The second-order valence-corrected chi connectivity index (χ2v) is 9.83. The molecule has 0 saturated carbocycles. The Kier molecular flexibility index (Phi) is 25.7. The molecule has 0 aromatic rings. The van der Waals surface area contributed by atoms with E-state index in [2.05, 4.69) is 13.8 Å². The van der Waals surface area contributed by atoms with E-state index >= 15 is 0 Å². The van der Waals surface area contributed by atoms with Gasteiger partial charge in [0.15, 0.2) is 0 Å². The van der Waals surface area contributed by atoms with Crippen LogP contribution in [0.15, 0.2) is 0 Å². The van der Waals surface area contributed by atoms with Gasteiger partial charge in [0.1, 0.15) is 24.4 Å². The molecule has 0 radical (unpaired) electrons. The Labute approximate surface area is 210 Å². The molecule has 0 aromatic heterocycles. The fraction of sp³-hybridized carbons (Fsp3) is 1.00. The second kappa shape index (κ2) is 25.8. The fourth-order valence-electron chi connectivity index (χ4n) is 4.32. The van der Waals surface area contributed by atoms with E-state index in [-0.39, 0.29) is 0 Å². The number of aliphatic hydroxyl groups is 4. The van der Waals surface area contributed by atoms with Crippen LogP contribution >= 0.6 is 0 Å². The predicted molar refractivity (Wildman–Crippen MR) is 140 cm³/mol. The minimum Gasteiger partial charge on any atom is -0.394 e. The van der Waals surface area contributed by atoms with Gasteiger partial charge in [-0.25, -0.2) is 0 Å². The van der Waals surface area contributed by atoms with Crippen LogP contribution in [0.5, 0.6) is 0 Å². The molecule has 0 aliphatic heterocycles. The van der Waals surface area contributed by atoms with E-state index < -0.39 is 37.6 Å². The van der Waals surface area contributed by atoms with Crippen LogP contribution in [0.25, 0.3) is 0 Å². The van der Waals surface area contributed by atoms with Crippen molar-refractivity contribution in [1.29, 1.82) is 0 Å². The van der Waals surface area contributed by atoms with Gasteiger partial charge in [-0.2, -0.15) is 0 Å². The zero-order valence-corrected chi connectivity index (χ0v) is 22.5. The first-order valence-electron chi connectivity index (χ1n) is 14.4. The topological polar surface area (TPSA) is 99.4 Å². The molecule has 34 heavy (non-hydrogen) atoms. The summed E-state index contributed by atoms with van der Waals surface area (Å²) in [5, 5.41) is 39.6. The molecule has 4 N–H and O–H groups in total. The van der Waals surface area contributed by atoms with E-state index in [9.17, 15) is 20.4 Å². The molecule has 0 saturated heterocycles. The molecule has 0 spiro atoms. The molecule has 6 heteroatoms. The first-order chi connectivity index (χ1) is 16.6. The zero-order valence-electron chi connectivity index (χ0n) is 22.5. The third-order valence-corrected chi connectivity index (χ3v) is 6.57. The summed E-state index contributed by atoms with van der Waals surface area (Å²) in [6, 6.07) is 0. The van der Waals surface area contributed by atoms with E-state index in [0.29, 0.717) is 13.2 Å². The number of hydrogen-bond acceptors (Lipinski definition) is 6. The standard InChI is InChI=1S/C28H58O6/c1-3-5-7-9-11-13-15-17-19-21-33-27(25(31)23-29)28(26(32)24-30)34-22-20-18-16-14-12-10-8-6-4-2/h25-32H,3-24H2,1-2H3/t25-,26-,27-,28-/m1/s1. The molecule has 0 heterocycles. The van der Waals surface area contributed by atoms with Crippen molar-refractivity contribution in [2.75, 3.05) is 26.4 Å². The van der Waals surface area contributed by atoms with Crippen molar-refractivity contribution in [2.45, 2.75) is 154 Å². The Bertz CT molecular complexity index is 359. The number of ether oxygens (including phenoxy) is 2. The molecular weight excluding hydrogens is 432 g/mol. The SMILES string of the molecule is CCCCCCCCCCCO[C@@H]([C@H](OCCCCCCCCCCC)[C@H](O)CO)[C@H](O)CO. The van der Waals surface area contributed by atoms with Crippen LogP contribution in [-0.2, 0) is 9.47 Å². The van der Waals surface area contributed by atoms with Crippen LogP contribution in [0.3, 0.4) is 0 Å². The Balaban J connectivity index is 4.23. The summed E-state index contributed by atoms with van der Waals surface area (Å²) in [4.78, 5) is 0. The number of unbranched alkanes of at least 4 members (excludes halogenated alkanes) is 16. The quantitative estimate of drug-likeness (QED) is 0.113. The molecule has 206 valence electrons. The Morgan fingerprint density at radius 3 is 0.971 bits per heavy atom. The van der Waals surface area contributed by atoms with Crippen LogP contribution < -0.4 is 0 Å². The maximum absolute atomic E-state index is 10.3. The first-order valence-corrected chi connectivity index (χ1v) is 14.4. The Hall–Kier alpha value is -0.240. The van der Waals surface area contributed by atoms with Gasteiger partial charge in [-0.1, -0.05) is 117 Å². The van der Waals surface area contributed by atoms with Crippen molar-refractivity contribution < 1.29 is 29.9 Å². The van der Waals surface area contributed by atoms with Crippen LogP contribution in [0.2, 0.25) is 0 Å². The summed E-state index contributed by atoms with van der Waals surface area (Å²) >= 11 is 0. The van der Waals surface area contributed by atoms with Gasteiger partial charge in [0.05, 0.1) is 13.2 Å². The van der Waals surface area contributed by atoms with Crippen molar-refractivity contribution in [1.82, 2.24) is 0 Å². The highest BCUT2D eigenvalue weighted by Crippen LogP contribution is 2.17. The molecule has 4 atom stereocenters. The maximum Gasteiger partial charge on any atom is 0.114 e. The lowest BCUT2D eigenvalue weighted by atomic mass is 10.0. The maximum atomic E-state index is 10.3. The molecule has 0 aromatic carbocycles. The average Bonchev–Trinajstić information content (AvgIpc) is 2.85. The number of hydrogen-bond donors (Lipinski definition) is 4. The summed E-state index contributed by atoms with van der Waals surface area (Å²) < 4.78 is 11.8. The van der Waals surface area contributed by atoms with Gasteiger partial charge in [0.2, 0.25) is 0 Å². The molecular formula is C28H58O6. The largest absolute Gasteiger partial charge is 0.394 e. The van der Waals surface area contributed by atoms with Crippen molar-refractivity contribution in [2.24, 2.45) is 0 Å². The molecule has 0 bridgehead atoms. The molecule has 0 aliphatic carbocycles. The van der Waals surface area contributed by atoms with E-state index in [1.54, 1.807) is 0 Å². The fourth-order valence-corrected chi connectivity index (χ4v) is 4.32. The third kappa shape index (κ3) is 19.0. The molecule has 6 nitrogen and oxygen atoms in total. The lowest BCUT2D eigenvalue weighted by Crippen LogP contribution is -2.50. The average molecular weight is 491 g/mol. The van der Waals surface area contributed by atoms with Gasteiger partial charge >= 0.3 is 0 Å².